The normalized spacial score (nSPS) is 11.6. The molecule has 6 heteroatoms. The van der Waals surface area contributed by atoms with Crippen molar-refractivity contribution in [1.82, 2.24) is 0 Å². The van der Waals surface area contributed by atoms with Gasteiger partial charge in [-0.3, -0.25) is 10.1 Å². The second kappa shape index (κ2) is 6.32. The highest BCUT2D eigenvalue weighted by molar-refractivity contribution is 7.90. The molecule has 0 aromatic heterocycles. The molecule has 0 aliphatic rings. The molecule has 0 saturated carbocycles. The largest absolute Gasteiger partial charge is 0.259 e. The van der Waals surface area contributed by atoms with Crippen LogP contribution in [0.3, 0.4) is 0 Å². The van der Waals surface area contributed by atoms with Gasteiger partial charge in [-0.05, 0) is 23.3 Å². The van der Waals surface area contributed by atoms with Gasteiger partial charge in [0.1, 0.15) is 0 Å². The van der Waals surface area contributed by atoms with Crippen molar-refractivity contribution in [2.24, 2.45) is 0 Å². The summed E-state index contributed by atoms with van der Waals surface area (Å²) in [7, 11) is -3.42. The first kappa shape index (κ1) is 14.9. The maximum atomic E-state index is 12.3. The molecule has 0 aliphatic heterocycles. The number of nitro groups is 1. The van der Waals surface area contributed by atoms with E-state index in [4.69, 9.17) is 0 Å². The minimum Gasteiger partial charge on any atom is -0.259 e. The van der Waals surface area contributed by atoms with Crippen LogP contribution in [0.25, 0.3) is 6.08 Å². The third-order valence-electron chi connectivity index (χ3n) is 2.83. The first-order valence-corrected chi connectivity index (χ1v) is 7.81. The van der Waals surface area contributed by atoms with Crippen molar-refractivity contribution in [2.75, 3.05) is 0 Å². The quantitative estimate of drug-likeness (QED) is 0.628. The molecule has 0 fully saturated rings. The van der Waals surface area contributed by atoms with Crippen LogP contribution in [0.15, 0.2) is 65.7 Å². The average Bonchev–Trinajstić information content (AvgIpc) is 2.46. The molecule has 0 bridgehead atoms. The fourth-order valence-electron chi connectivity index (χ4n) is 1.81. The Labute approximate surface area is 122 Å². The van der Waals surface area contributed by atoms with Gasteiger partial charge in [0.2, 0.25) is 6.20 Å². The summed E-state index contributed by atoms with van der Waals surface area (Å²) >= 11 is 0. The van der Waals surface area contributed by atoms with E-state index >= 15 is 0 Å². The van der Waals surface area contributed by atoms with E-state index in [1.54, 1.807) is 24.3 Å². The Morgan fingerprint density at radius 1 is 1.00 bits per heavy atom. The molecule has 2 aromatic rings. The van der Waals surface area contributed by atoms with Crippen molar-refractivity contribution in [3.05, 3.63) is 82.0 Å². The highest BCUT2D eigenvalue weighted by atomic mass is 32.2. The van der Waals surface area contributed by atoms with E-state index < -0.39 is 14.8 Å². The van der Waals surface area contributed by atoms with Crippen LogP contribution in [0.4, 0.5) is 0 Å². The standard InChI is InChI=1S/C15H13NO4S/c17-16(18)11-10-13-6-8-15(9-7-13)21(19,20)12-14-4-2-1-3-5-14/h1-11H,12H2/b11-10+. The highest BCUT2D eigenvalue weighted by Crippen LogP contribution is 2.17. The summed E-state index contributed by atoms with van der Waals surface area (Å²) in [5.74, 6) is -0.0715. The summed E-state index contributed by atoms with van der Waals surface area (Å²) < 4.78 is 24.5. The van der Waals surface area contributed by atoms with Gasteiger partial charge in [-0.25, -0.2) is 8.42 Å². The molecule has 21 heavy (non-hydrogen) atoms. The fourth-order valence-corrected chi connectivity index (χ4v) is 3.16. The van der Waals surface area contributed by atoms with Gasteiger partial charge in [0, 0.05) is 6.08 Å². The lowest BCUT2D eigenvalue weighted by atomic mass is 10.2. The summed E-state index contributed by atoms with van der Waals surface area (Å²) in [5.41, 5.74) is 1.29. The predicted molar refractivity (Wildman–Crippen MR) is 79.8 cm³/mol. The topological polar surface area (TPSA) is 77.3 Å². The van der Waals surface area contributed by atoms with Gasteiger partial charge < -0.3 is 0 Å². The van der Waals surface area contributed by atoms with Crippen molar-refractivity contribution in [2.45, 2.75) is 10.6 Å². The molecular formula is C15H13NO4S. The lowest BCUT2D eigenvalue weighted by molar-refractivity contribution is -0.400. The lowest BCUT2D eigenvalue weighted by Gasteiger charge is -2.05. The number of benzene rings is 2. The van der Waals surface area contributed by atoms with Crippen LogP contribution in [-0.2, 0) is 15.6 Å². The first-order chi connectivity index (χ1) is 9.97. The maximum Gasteiger partial charge on any atom is 0.235 e. The van der Waals surface area contributed by atoms with Crippen LogP contribution in [0.1, 0.15) is 11.1 Å². The van der Waals surface area contributed by atoms with Crippen molar-refractivity contribution in [1.29, 1.82) is 0 Å². The molecule has 2 rings (SSSR count). The monoisotopic (exact) mass is 303 g/mol. The summed E-state index contributed by atoms with van der Waals surface area (Å²) in [5, 5.41) is 10.2. The number of hydrogen-bond donors (Lipinski definition) is 0. The number of hydrogen-bond acceptors (Lipinski definition) is 4. The minimum absolute atomic E-state index is 0.0715. The summed E-state index contributed by atoms with van der Waals surface area (Å²) in [6, 6.07) is 14.9. The molecular weight excluding hydrogens is 290 g/mol. The predicted octanol–water partition coefficient (Wildman–Crippen LogP) is 2.91. The van der Waals surface area contributed by atoms with Crippen molar-refractivity contribution in [3.63, 3.8) is 0 Å². The molecule has 0 spiro atoms. The van der Waals surface area contributed by atoms with Crippen LogP contribution in [0.5, 0.6) is 0 Å². The van der Waals surface area contributed by atoms with Gasteiger partial charge in [0.05, 0.1) is 15.6 Å². The van der Waals surface area contributed by atoms with E-state index in [-0.39, 0.29) is 10.6 Å². The summed E-state index contributed by atoms with van der Waals surface area (Å²) in [4.78, 5) is 9.85. The van der Waals surface area contributed by atoms with Crippen molar-refractivity contribution in [3.8, 4) is 0 Å². The molecule has 0 N–H and O–H groups in total. The summed E-state index contributed by atoms with van der Waals surface area (Å²) in [6.07, 6.45) is 2.13. The third-order valence-corrected chi connectivity index (χ3v) is 4.53. The van der Waals surface area contributed by atoms with Crippen molar-refractivity contribution >= 4 is 15.9 Å². The average molecular weight is 303 g/mol. The lowest BCUT2D eigenvalue weighted by Crippen LogP contribution is -2.04. The molecule has 0 aliphatic carbocycles. The Hall–Kier alpha value is -2.47. The van der Waals surface area contributed by atoms with Gasteiger partial charge in [-0.1, -0.05) is 42.5 Å². The van der Waals surface area contributed by atoms with Gasteiger partial charge in [0.15, 0.2) is 9.84 Å². The van der Waals surface area contributed by atoms with Gasteiger partial charge >= 0.3 is 0 Å². The first-order valence-electron chi connectivity index (χ1n) is 6.16. The molecule has 0 radical (unpaired) electrons. The molecule has 0 amide bonds. The third kappa shape index (κ3) is 4.25. The van der Waals surface area contributed by atoms with Crippen LogP contribution < -0.4 is 0 Å². The van der Waals surface area contributed by atoms with Crippen LogP contribution in [0.2, 0.25) is 0 Å². The Balaban J connectivity index is 2.19. The van der Waals surface area contributed by atoms with E-state index in [9.17, 15) is 18.5 Å². The Kier molecular flexibility index (Phi) is 4.49. The molecule has 0 saturated heterocycles. The second-order valence-electron chi connectivity index (χ2n) is 4.41. The molecule has 108 valence electrons. The number of nitrogens with zero attached hydrogens (tertiary/aromatic N) is 1. The fraction of sp³-hybridized carbons (Fsp3) is 0.0667. The minimum atomic E-state index is -3.42. The zero-order valence-electron chi connectivity index (χ0n) is 11.0. The Morgan fingerprint density at radius 3 is 2.19 bits per heavy atom. The summed E-state index contributed by atoms with van der Waals surface area (Å²) in [6.45, 7) is 0. The van der Waals surface area contributed by atoms with Crippen molar-refractivity contribution < 1.29 is 13.3 Å². The zero-order valence-corrected chi connectivity index (χ0v) is 11.9. The van der Waals surface area contributed by atoms with Crippen LogP contribution in [0, 0.1) is 10.1 Å². The molecule has 0 unspecified atom stereocenters. The molecule has 5 nitrogen and oxygen atoms in total. The van der Waals surface area contributed by atoms with Gasteiger partial charge in [0.25, 0.3) is 0 Å². The Bertz CT molecular complexity index is 750. The van der Waals surface area contributed by atoms with E-state index in [0.29, 0.717) is 5.56 Å². The van der Waals surface area contributed by atoms with E-state index in [2.05, 4.69) is 0 Å². The van der Waals surface area contributed by atoms with Gasteiger partial charge in [-0.15, -0.1) is 0 Å². The van der Waals surface area contributed by atoms with Crippen LogP contribution >= 0.6 is 0 Å². The maximum absolute atomic E-state index is 12.3. The zero-order chi connectivity index (χ0) is 15.3. The van der Waals surface area contributed by atoms with Crippen LogP contribution in [-0.4, -0.2) is 13.3 Å². The SMILES string of the molecule is O=[N+]([O-])/C=C/c1ccc(S(=O)(=O)Cc2ccccc2)cc1. The smallest absolute Gasteiger partial charge is 0.235 e. The number of sulfone groups is 1. The van der Waals surface area contributed by atoms with E-state index in [1.807, 2.05) is 6.07 Å². The molecule has 2 aromatic carbocycles. The van der Waals surface area contributed by atoms with E-state index in [0.717, 1.165) is 11.8 Å². The van der Waals surface area contributed by atoms with Gasteiger partial charge in [-0.2, -0.15) is 0 Å². The molecule has 0 heterocycles. The highest BCUT2D eigenvalue weighted by Gasteiger charge is 2.14. The molecule has 0 atom stereocenters. The Morgan fingerprint density at radius 2 is 1.62 bits per heavy atom. The number of rotatable bonds is 5. The second-order valence-corrected chi connectivity index (χ2v) is 6.40. The van der Waals surface area contributed by atoms with E-state index in [1.165, 1.54) is 30.3 Å².